The summed E-state index contributed by atoms with van der Waals surface area (Å²) in [5, 5.41) is 4.39. The van der Waals surface area contributed by atoms with Gasteiger partial charge in [-0.05, 0) is 19.1 Å². The summed E-state index contributed by atoms with van der Waals surface area (Å²) in [4.78, 5) is 47.7. The number of urea groups is 1. The van der Waals surface area contributed by atoms with Crippen molar-refractivity contribution in [2.75, 3.05) is 31.2 Å². The van der Waals surface area contributed by atoms with Crippen LogP contribution in [0.1, 0.15) is 13.3 Å². The van der Waals surface area contributed by atoms with Crippen molar-refractivity contribution in [2.24, 2.45) is 0 Å². The number of ether oxygens (including phenoxy) is 2. The van der Waals surface area contributed by atoms with Crippen LogP contribution in [0, 0.1) is 0 Å². The van der Waals surface area contributed by atoms with Gasteiger partial charge in [-0.1, -0.05) is 12.1 Å². The van der Waals surface area contributed by atoms with Crippen LogP contribution in [0.5, 0.6) is 5.75 Å². The van der Waals surface area contributed by atoms with E-state index in [4.69, 9.17) is 9.47 Å². The van der Waals surface area contributed by atoms with Gasteiger partial charge >= 0.3 is 12.0 Å². The standard InChI is InChI=1S/C16H19N3O6/c1-2-17-16(23)18-13(20)9-25-15(22)7-8-19-11-5-3-4-6-12(11)24-10-14(19)21/h3-6H,2,7-10H2,1H3,(H2,17,18,20,23). The lowest BCUT2D eigenvalue weighted by atomic mass is 10.2. The van der Waals surface area contributed by atoms with E-state index >= 15 is 0 Å². The van der Waals surface area contributed by atoms with Gasteiger partial charge in [0.25, 0.3) is 11.8 Å². The Morgan fingerprint density at radius 2 is 2.04 bits per heavy atom. The van der Waals surface area contributed by atoms with E-state index < -0.39 is 24.5 Å². The fourth-order valence-electron chi connectivity index (χ4n) is 2.19. The summed E-state index contributed by atoms with van der Waals surface area (Å²) in [7, 11) is 0. The summed E-state index contributed by atoms with van der Waals surface area (Å²) in [5.41, 5.74) is 0.584. The Bertz CT molecular complexity index is 676. The fourth-order valence-corrected chi connectivity index (χ4v) is 2.19. The number of benzene rings is 1. The highest BCUT2D eigenvalue weighted by molar-refractivity contribution is 5.98. The molecule has 0 aliphatic carbocycles. The van der Waals surface area contributed by atoms with Crippen molar-refractivity contribution in [1.82, 2.24) is 10.6 Å². The van der Waals surface area contributed by atoms with Crippen LogP contribution >= 0.6 is 0 Å². The monoisotopic (exact) mass is 349 g/mol. The van der Waals surface area contributed by atoms with E-state index in [2.05, 4.69) is 5.32 Å². The number of fused-ring (bicyclic) bond motifs is 1. The first kappa shape index (κ1) is 18.2. The minimum Gasteiger partial charge on any atom is -0.482 e. The van der Waals surface area contributed by atoms with Crippen molar-refractivity contribution in [2.45, 2.75) is 13.3 Å². The average Bonchev–Trinajstić information content (AvgIpc) is 2.59. The molecular formula is C16H19N3O6. The Morgan fingerprint density at radius 3 is 2.80 bits per heavy atom. The number of carbonyl (C=O) groups is 4. The molecule has 2 rings (SSSR count). The molecule has 2 N–H and O–H groups in total. The molecule has 0 saturated carbocycles. The van der Waals surface area contributed by atoms with Gasteiger partial charge in [-0.2, -0.15) is 0 Å². The molecule has 1 aromatic carbocycles. The molecular weight excluding hydrogens is 330 g/mol. The maximum absolute atomic E-state index is 12.0. The molecule has 0 aromatic heterocycles. The van der Waals surface area contributed by atoms with Crippen LogP contribution in [0.3, 0.4) is 0 Å². The third-order valence-electron chi connectivity index (χ3n) is 3.30. The zero-order chi connectivity index (χ0) is 18.2. The molecule has 9 heteroatoms. The fraction of sp³-hybridized carbons (Fsp3) is 0.375. The topological polar surface area (TPSA) is 114 Å². The number of anilines is 1. The maximum Gasteiger partial charge on any atom is 0.321 e. The molecule has 1 aromatic rings. The lowest BCUT2D eigenvalue weighted by Gasteiger charge is -2.28. The van der Waals surface area contributed by atoms with Crippen molar-refractivity contribution >= 4 is 29.5 Å². The zero-order valence-corrected chi connectivity index (χ0v) is 13.7. The molecule has 0 spiro atoms. The maximum atomic E-state index is 12.0. The summed E-state index contributed by atoms with van der Waals surface area (Å²) >= 11 is 0. The van der Waals surface area contributed by atoms with E-state index in [1.165, 1.54) is 4.90 Å². The Hall–Kier alpha value is -3.10. The highest BCUT2D eigenvalue weighted by atomic mass is 16.5. The van der Waals surface area contributed by atoms with Gasteiger partial charge in [0, 0.05) is 13.1 Å². The number of amides is 4. The number of para-hydroxylation sites is 2. The lowest BCUT2D eigenvalue weighted by Crippen LogP contribution is -2.42. The number of nitrogens with zero attached hydrogens (tertiary/aromatic N) is 1. The number of rotatable bonds is 6. The average molecular weight is 349 g/mol. The summed E-state index contributed by atoms with van der Waals surface area (Å²) in [6.45, 7) is 1.52. The second kappa shape index (κ2) is 8.67. The van der Waals surface area contributed by atoms with Crippen LogP contribution in [-0.2, 0) is 19.1 Å². The van der Waals surface area contributed by atoms with Crippen LogP contribution in [-0.4, -0.2) is 50.1 Å². The third-order valence-corrected chi connectivity index (χ3v) is 3.30. The van der Waals surface area contributed by atoms with Gasteiger partial charge in [-0.15, -0.1) is 0 Å². The third kappa shape index (κ3) is 5.20. The van der Waals surface area contributed by atoms with Crippen LogP contribution in [0.15, 0.2) is 24.3 Å². The Balaban J connectivity index is 1.79. The summed E-state index contributed by atoms with van der Waals surface area (Å²) < 4.78 is 10.1. The Morgan fingerprint density at radius 1 is 1.28 bits per heavy atom. The predicted octanol–water partition coefficient (Wildman–Crippen LogP) is 0.191. The molecule has 134 valence electrons. The van der Waals surface area contributed by atoms with Crippen molar-refractivity contribution in [3.8, 4) is 5.75 Å². The van der Waals surface area contributed by atoms with Crippen LogP contribution < -0.4 is 20.3 Å². The van der Waals surface area contributed by atoms with Gasteiger partial charge in [-0.3, -0.25) is 19.7 Å². The molecule has 4 amide bonds. The zero-order valence-electron chi connectivity index (χ0n) is 13.7. The summed E-state index contributed by atoms with van der Waals surface area (Å²) in [6.07, 6.45) is -0.0888. The number of carbonyl (C=O) groups excluding carboxylic acids is 4. The highest BCUT2D eigenvalue weighted by Gasteiger charge is 2.25. The number of esters is 1. The normalized spacial score (nSPS) is 12.7. The molecule has 0 unspecified atom stereocenters. The molecule has 0 bridgehead atoms. The Kier molecular flexibility index (Phi) is 6.33. The number of imide groups is 1. The summed E-state index contributed by atoms with van der Waals surface area (Å²) in [5.74, 6) is -1.08. The Labute approximate surface area is 144 Å². The number of hydrogen-bond donors (Lipinski definition) is 2. The van der Waals surface area contributed by atoms with E-state index in [0.29, 0.717) is 18.0 Å². The largest absolute Gasteiger partial charge is 0.482 e. The second-order valence-electron chi connectivity index (χ2n) is 5.12. The molecule has 1 aliphatic heterocycles. The van der Waals surface area contributed by atoms with E-state index in [-0.39, 0.29) is 25.5 Å². The second-order valence-corrected chi connectivity index (χ2v) is 5.12. The molecule has 0 fully saturated rings. The van der Waals surface area contributed by atoms with E-state index in [1.54, 1.807) is 31.2 Å². The number of nitrogens with one attached hydrogen (secondary N) is 2. The van der Waals surface area contributed by atoms with E-state index in [0.717, 1.165) is 0 Å². The molecule has 1 aliphatic rings. The first-order valence-corrected chi connectivity index (χ1v) is 7.76. The predicted molar refractivity (Wildman–Crippen MR) is 87.1 cm³/mol. The molecule has 9 nitrogen and oxygen atoms in total. The van der Waals surface area contributed by atoms with Crippen molar-refractivity contribution in [3.63, 3.8) is 0 Å². The molecule has 1 heterocycles. The SMILES string of the molecule is CCNC(=O)NC(=O)COC(=O)CCN1C(=O)COc2ccccc21. The van der Waals surface area contributed by atoms with E-state index in [9.17, 15) is 19.2 Å². The molecule has 0 atom stereocenters. The first-order chi connectivity index (χ1) is 12.0. The van der Waals surface area contributed by atoms with Crippen LogP contribution in [0.2, 0.25) is 0 Å². The first-order valence-electron chi connectivity index (χ1n) is 7.76. The van der Waals surface area contributed by atoms with Gasteiger partial charge in [-0.25, -0.2) is 4.79 Å². The van der Waals surface area contributed by atoms with Gasteiger partial charge in [0.2, 0.25) is 0 Å². The van der Waals surface area contributed by atoms with Crippen LogP contribution in [0.4, 0.5) is 10.5 Å². The van der Waals surface area contributed by atoms with Gasteiger partial charge in [0.1, 0.15) is 5.75 Å². The smallest absolute Gasteiger partial charge is 0.321 e. The quantitative estimate of drug-likeness (QED) is 0.709. The number of hydrogen-bond acceptors (Lipinski definition) is 6. The van der Waals surface area contributed by atoms with Crippen molar-refractivity contribution in [3.05, 3.63) is 24.3 Å². The molecule has 0 radical (unpaired) electrons. The van der Waals surface area contributed by atoms with Gasteiger partial charge in [0.15, 0.2) is 13.2 Å². The van der Waals surface area contributed by atoms with Crippen molar-refractivity contribution in [1.29, 1.82) is 0 Å². The lowest BCUT2D eigenvalue weighted by molar-refractivity contribution is -0.148. The highest BCUT2D eigenvalue weighted by Crippen LogP contribution is 2.31. The van der Waals surface area contributed by atoms with Crippen LogP contribution in [0.25, 0.3) is 0 Å². The minimum absolute atomic E-state index is 0.0888. The molecule has 25 heavy (non-hydrogen) atoms. The van der Waals surface area contributed by atoms with Gasteiger partial charge < -0.3 is 19.7 Å². The van der Waals surface area contributed by atoms with E-state index in [1.807, 2.05) is 5.32 Å². The van der Waals surface area contributed by atoms with Gasteiger partial charge in [0.05, 0.1) is 12.1 Å². The molecule has 0 saturated heterocycles. The van der Waals surface area contributed by atoms with Crippen molar-refractivity contribution < 1.29 is 28.7 Å². The summed E-state index contributed by atoms with van der Waals surface area (Å²) in [6, 6.07) is 6.35. The minimum atomic E-state index is -0.730.